The predicted octanol–water partition coefficient (Wildman–Crippen LogP) is 1.67. The van der Waals surface area contributed by atoms with Gasteiger partial charge in [-0.25, -0.2) is 15.0 Å². The van der Waals surface area contributed by atoms with E-state index in [4.69, 9.17) is 18.9 Å². The molecule has 1 aliphatic heterocycles. The number of hydrogen-bond acceptors (Lipinski definition) is 11. The lowest BCUT2D eigenvalue weighted by Crippen LogP contribution is -2.41. The number of fused-ring (bicyclic) bond motifs is 1. The molecule has 13 heteroatoms. The molecular formula is C22H29N5O8. The van der Waals surface area contributed by atoms with E-state index in [2.05, 4.69) is 20.3 Å². The van der Waals surface area contributed by atoms with Gasteiger partial charge in [0, 0.05) is 25.7 Å². The second-order valence-corrected chi connectivity index (χ2v) is 7.67. The molecule has 0 spiro atoms. The Morgan fingerprint density at radius 1 is 0.914 bits per heavy atom. The van der Waals surface area contributed by atoms with Crippen LogP contribution in [0.5, 0.6) is 0 Å². The number of nitrogens with one attached hydrogen (secondary N) is 1. The molecule has 0 saturated carbocycles. The van der Waals surface area contributed by atoms with Gasteiger partial charge < -0.3 is 24.3 Å². The van der Waals surface area contributed by atoms with E-state index in [-0.39, 0.29) is 44.0 Å². The summed E-state index contributed by atoms with van der Waals surface area (Å²) < 4.78 is 24.1. The van der Waals surface area contributed by atoms with Crippen molar-refractivity contribution in [3.8, 4) is 0 Å². The van der Waals surface area contributed by atoms with Gasteiger partial charge in [-0.2, -0.15) is 0 Å². The lowest BCUT2D eigenvalue weighted by molar-refractivity contribution is -0.169. The first kappa shape index (κ1) is 26.0. The normalized spacial score (nSPS) is 21.5. The predicted molar refractivity (Wildman–Crippen MR) is 120 cm³/mol. The van der Waals surface area contributed by atoms with Crippen molar-refractivity contribution in [2.45, 2.75) is 77.9 Å². The van der Waals surface area contributed by atoms with E-state index < -0.39 is 42.4 Å². The average Bonchev–Trinajstić information content (AvgIpc) is 3.44. The van der Waals surface area contributed by atoms with Crippen LogP contribution in [0.2, 0.25) is 0 Å². The van der Waals surface area contributed by atoms with E-state index in [0.29, 0.717) is 11.2 Å². The van der Waals surface area contributed by atoms with E-state index in [9.17, 15) is 19.2 Å². The number of carbonyl (C=O) groups is 4. The maximum atomic E-state index is 12.3. The molecule has 0 aliphatic carbocycles. The Bertz CT molecular complexity index is 1090. The van der Waals surface area contributed by atoms with Gasteiger partial charge in [0.05, 0.1) is 6.33 Å². The third-order valence-corrected chi connectivity index (χ3v) is 5.31. The molecular weight excluding hydrogens is 462 g/mol. The molecule has 4 atom stereocenters. The molecule has 0 bridgehead atoms. The largest absolute Gasteiger partial charge is 0.463 e. The summed E-state index contributed by atoms with van der Waals surface area (Å²) in [6.45, 7) is 6.39. The zero-order valence-corrected chi connectivity index (χ0v) is 20.1. The average molecular weight is 492 g/mol. The number of rotatable bonds is 10. The van der Waals surface area contributed by atoms with Crippen molar-refractivity contribution in [2.24, 2.45) is 0 Å². The van der Waals surface area contributed by atoms with Crippen molar-refractivity contribution < 1.29 is 38.1 Å². The number of aromatic nitrogens is 4. The number of esters is 3. The highest BCUT2D eigenvalue weighted by molar-refractivity contribution is 5.96. The molecule has 1 saturated heterocycles. The third-order valence-electron chi connectivity index (χ3n) is 5.31. The van der Waals surface area contributed by atoms with Gasteiger partial charge in [-0.15, -0.1) is 0 Å². The summed E-state index contributed by atoms with van der Waals surface area (Å²) in [5.41, 5.74) is 0.585. The third kappa shape index (κ3) is 5.91. The van der Waals surface area contributed by atoms with Crippen molar-refractivity contribution in [3.05, 3.63) is 12.7 Å². The number of carbonyl (C=O) groups excluding carboxylic acids is 4. The van der Waals surface area contributed by atoms with Gasteiger partial charge in [0.25, 0.3) is 0 Å². The van der Waals surface area contributed by atoms with E-state index in [1.807, 2.05) is 0 Å². The molecule has 3 heterocycles. The molecule has 190 valence electrons. The fourth-order valence-electron chi connectivity index (χ4n) is 3.43. The van der Waals surface area contributed by atoms with Crippen molar-refractivity contribution in [1.82, 2.24) is 19.5 Å². The number of amides is 1. The smallest absolute Gasteiger partial charge is 0.306 e. The van der Waals surface area contributed by atoms with Crippen molar-refractivity contribution in [1.29, 1.82) is 0 Å². The quantitative estimate of drug-likeness (QED) is 0.380. The molecule has 3 rings (SSSR count). The molecule has 2 aromatic rings. The topological polar surface area (TPSA) is 161 Å². The zero-order chi connectivity index (χ0) is 25.5. The van der Waals surface area contributed by atoms with Crippen LogP contribution < -0.4 is 5.32 Å². The highest BCUT2D eigenvalue weighted by atomic mass is 16.7. The van der Waals surface area contributed by atoms with Crippen LogP contribution in [-0.2, 0) is 38.1 Å². The van der Waals surface area contributed by atoms with Gasteiger partial charge in [0.1, 0.15) is 19.0 Å². The molecule has 1 N–H and O–H groups in total. The first-order valence-electron chi connectivity index (χ1n) is 11.5. The van der Waals surface area contributed by atoms with Crippen molar-refractivity contribution in [2.75, 3.05) is 11.9 Å². The minimum Gasteiger partial charge on any atom is -0.463 e. The van der Waals surface area contributed by atoms with E-state index in [1.54, 1.807) is 27.7 Å². The van der Waals surface area contributed by atoms with Crippen LogP contribution in [0, 0.1) is 0 Å². The maximum absolute atomic E-state index is 12.3. The minimum atomic E-state index is -1.08. The van der Waals surface area contributed by atoms with Gasteiger partial charge in [-0.05, 0) is 0 Å². The van der Waals surface area contributed by atoms with E-state index in [0.717, 1.165) is 0 Å². The van der Waals surface area contributed by atoms with Gasteiger partial charge in [0.2, 0.25) is 5.91 Å². The number of anilines is 1. The zero-order valence-electron chi connectivity index (χ0n) is 20.1. The van der Waals surface area contributed by atoms with Gasteiger partial charge >= 0.3 is 17.9 Å². The minimum absolute atomic E-state index is 0.0766. The van der Waals surface area contributed by atoms with Crippen LogP contribution in [0.1, 0.15) is 59.6 Å². The summed E-state index contributed by atoms with van der Waals surface area (Å²) in [6.07, 6.45) is -0.851. The number of nitrogens with zero attached hydrogens (tertiary/aromatic N) is 4. The van der Waals surface area contributed by atoms with Crippen LogP contribution in [0.15, 0.2) is 12.7 Å². The Morgan fingerprint density at radius 2 is 1.57 bits per heavy atom. The van der Waals surface area contributed by atoms with Crippen LogP contribution in [0.3, 0.4) is 0 Å². The summed E-state index contributed by atoms with van der Waals surface area (Å²) >= 11 is 0. The number of ether oxygens (including phenoxy) is 4. The molecule has 0 aromatic carbocycles. The summed E-state index contributed by atoms with van der Waals surface area (Å²) in [6, 6.07) is 0. The maximum Gasteiger partial charge on any atom is 0.306 e. The van der Waals surface area contributed by atoms with Gasteiger partial charge in [-0.3, -0.25) is 23.7 Å². The van der Waals surface area contributed by atoms with E-state index >= 15 is 0 Å². The molecule has 2 aromatic heterocycles. The lowest BCUT2D eigenvalue weighted by Gasteiger charge is -2.24. The Kier molecular flexibility index (Phi) is 8.68. The summed E-state index contributed by atoms with van der Waals surface area (Å²) in [7, 11) is 0. The fourth-order valence-corrected chi connectivity index (χ4v) is 3.43. The van der Waals surface area contributed by atoms with Crippen LogP contribution in [0.25, 0.3) is 11.2 Å². The first-order chi connectivity index (χ1) is 16.8. The molecule has 35 heavy (non-hydrogen) atoms. The molecule has 1 fully saturated rings. The second-order valence-electron chi connectivity index (χ2n) is 7.67. The number of hydrogen-bond donors (Lipinski definition) is 1. The van der Waals surface area contributed by atoms with E-state index in [1.165, 1.54) is 17.2 Å². The fraction of sp³-hybridized carbons (Fsp3) is 0.591. The summed E-state index contributed by atoms with van der Waals surface area (Å²) in [4.78, 5) is 60.7. The van der Waals surface area contributed by atoms with Crippen molar-refractivity contribution in [3.63, 3.8) is 0 Å². The highest BCUT2D eigenvalue weighted by Gasteiger charge is 2.51. The molecule has 1 aliphatic rings. The summed E-state index contributed by atoms with van der Waals surface area (Å²) in [5, 5.41) is 2.66. The highest BCUT2D eigenvalue weighted by Crippen LogP contribution is 2.36. The van der Waals surface area contributed by atoms with Gasteiger partial charge in [0.15, 0.2) is 35.4 Å². The monoisotopic (exact) mass is 491 g/mol. The molecule has 0 unspecified atom stereocenters. The summed E-state index contributed by atoms with van der Waals surface area (Å²) in [5.74, 6) is -1.58. The number of imidazole rings is 1. The molecule has 13 nitrogen and oxygen atoms in total. The molecule has 0 radical (unpaired) electrons. The Hall–Kier alpha value is -3.61. The van der Waals surface area contributed by atoms with Crippen LogP contribution in [-0.4, -0.2) is 68.3 Å². The van der Waals surface area contributed by atoms with Gasteiger partial charge in [-0.1, -0.05) is 27.7 Å². The standard InChI is InChI=1S/C22H29N5O8/c1-5-13(28)26-20-17-21(24-10-23-20)27(11-25-17)22-19(35-16(31)8-4)18(34-15(30)7-3)12(33-22)9-32-14(29)6-2/h10-12,18-19,22H,5-9H2,1-4H3,(H,23,24,26,28)/t12-,18-,19-,22-/m1/s1. The molecule has 1 amide bonds. The lowest BCUT2D eigenvalue weighted by atomic mass is 10.1. The van der Waals surface area contributed by atoms with Crippen LogP contribution in [0.4, 0.5) is 5.82 Å². The van der Waals surface area contributed by atoms with Crippen LogP contribution >= 0.6 is 0 Å². The Morgan fingerprint density at radius 3 is 2.20 bits per heavy atom. The SMILES string of the molecule is CCC(=O)Nc1ncnc2c1ncn2[C@@H]1O[C@H](COC(=O)CC)[C@@H](OC(=O)CC)[C@H]1OC(=O)CC. The Labute approximate surface area is 201 Å². The van der Waals surface area contributed by atoms with Crippen molar-refractivity contribution >= 4 is 40.8 Å². The Balaban J connectivity index is 2.01. The second kappa shape index (κ2) is 11.7. The first-order valence-corrected chi connectivity index (χ1v) is 11.5.